The van der Waals surface area contributed by atoms with Gasteiger partial charge in [0.05, 0.1) is 17.1 Å². The Morgan fingerprint density at radius 2 is 2.24 bits per heavy atom. The summed E-state index contributed by atoms with van der Waals surface area (Å²) in [5, 5.41) is 12.9. The molecule has 2 rings (SSSR count). The van der Waals surface area contributed by atoms with Crippen LogP contribution in [0, 0.1) is 12.8 Å². The number of carbonyl (C=O) groups excluding carboxylic acids is 1. The first kappa shape index (κ1) is 12.7. The lowest BCUT2D eigenvalue weighted by atomic mass is 9.83. The van der Waals surface area contributed by atoms with E-state index >= 15 is 0 Å². The van der Waals surface area contributed by atoms with E-state index < -0.39 is 6.10 Å². The van der Waals surface area contributed by atoms with Gasteiger partial charge in [0.2, 0.25) is 0 Å². The second-order valence-electron chi connectivity index (χ2n) is 4.84. The standard InChI is InChI=1S/C13H19NO2S/c1-9-14-11(8-17-9)7-12(15)13(16)10-5-3-2-4-6-10/h8,10,13,16H,2-7H2,1H3. The van der Waals surface area contributed by atoms with E-state index in [2.05, 4.69) is 4.98 Å². The van der Waals surface area contributed by atoms with E-state index in [9.17, 15) is 9.90 Å². The zero-order valence-corrected chi connectivity index (χ0v) is 11.0. The van der Waals surface area contributed by atoms with Gasteiger partial charge >= 0.3 is 0 Å². The highest BCUT2D eigenvalue weighted by Gasteiger charge is 2.27. The van der Waals surface area contributed by atoms with Crippen LogP contribution in [0.5, 0.6) is 0 Å². The fraction of sp³-hybridized carbons (Fsp3) is 0.692. The minimum Gasteiger partial charge on any atom is -0.385 e. The second-order valence-corrected chi connectivity index (χ2v) is 5.91. The molecule has 1 atom stereocenters. The third kappa shape index (κ3) is 3.36. The number of aryl methyl sites for hydroxylation is 1. The van der Waals surface area contributed by atoms with Gasteiger partial charge in [-0.1, -0.05) is 19.3 Å². The third-order valence-corrected chi connectivity index (χ3v) is 4.27. The number of aliphatic hydroxyl groups is 1. The summed E-state index contributed by atoms with van der Waals surface area (Å²) < 4.78 is 0. The highest BCUT2D eigenvalue weighted by atomic mass is 32.1. The van der Waals surface area contributed by atoms with Gasteiger partial charge in [-0.2, -0.15) is 0 Å². The normalized spacial score (nSPS) is 19.2. The van der Waals surface area contributed by atoms with Crippen LogP contribution in [0.15, 0.2) is 5.38 Å². The number of aromatic nitrogens is 1. The Kier molecular flexibility index (Phi) is 4.29. The molecule has 4 heteroatoms. The molecule has 1 N–H and O–H groups in total. The molecule has 94 valence electrons. The molecule has 0 aromatic carbocycles. The maximum atomic E-state index is 11.9. The molecule has 3 nitrogen and oxygen atoms in total. The van der Waals surface area contributed by atoms with Crippen LogP contribution in [-0.2, 0) is 11.2 Å². The monoisotopic (exact) mass is 253 g/mol. The molecule has 1 fully saturated rings. The molecule has 1 aliphatic rings. The van der Waals surface area contributed by atoms with E-state index in [1.165, 1.54) is 6.42 Å². The molecule has 0 radical (unpaired) electrons. The molecule has 0 saturated heterocycles. The van der Waals surface area contributed by atoms with E-state index in [1.54, 1.807) is 11.3 Å². The highest BCUT2D eigenvalue weighted by molar-refractivity contribution is 7.09. The molecule has 0 spiro atoms. The van der Waals surface area contributed by atoms with Crippen LogP contribution < -0.4 is 0 Å². The van der Waals surface area contributed by atoms with Gasteiger partial charge in [0.1, 0.15) is 6.10 Å². The molecule has 17 heavy (non-hydrogen) atoms. The summed E-state index contributed by atoms with van der Waals surface area (Å²) in [7, 11) is 0. The molecule has 0 bridgehead atoms. The Balaban J connectivity index is 1.90. The van der Waals surface area contributed by atoms with Crippen molar-refractivity contribution in [2.24, 2.45) is 5.92 Å². The molecule has 1 unspecified atom stereocenters. The number of hydrogen-bond donors (Lipinski definition) is 1. The number of Topliss-reactive ketones (excluding diaryl/α,β-unsaturated/α-hetero) is 1. The van der Waals surface area contributed by atoms with Crippen LogP contribution in [0.25, 0.3) is 0 Å². The second kappa shape index (κ2) is 5.74. The van der Waals surface area contributed by atoms with Crippen LogP contribution in [0.1, 0.15) is 42.8 Å². The van der Waals surface area contributed by atoms with Gasteiger partial charge in [0, 0.05) is 5.38 Å². The first-order chi connectivity index (χ1) is 8.16. The summed E-state index contributed by atoms with van der Waals surface area (Å²) in [4.78, 5) is 16.2. The van der Waals surface area contributed by atoms with E-state index in [0.29, 0.717) is 0 Å². The predicted molar refractivity (Wildman–Crippen MR) is 68.1 cm³/mol. The molecular weight excluding hydrogens is 234 g/mol. The van der Waals surface area contributed by atoms with Gasteiger partial charge < -0.3 is 5.11 Å². The summed E-state index contributed by atoms with van der Waals surface area (Å²) in [6.07, 6.45) is 5.00. The minimum absolute atomic E-state index is 0.0674. The molecule has 1 aromatic rings. The predicted octanol–water partition coefficient (Wildman–Crippen LogP) is 2.50. The van der Waals surface area contributed by atoms with Crippen LogP contribution in [0.2, 0.25) is 0 Å². The van der Waals surface area contributed by atoms with Gasteiger partial charge in [-0.25, -0.2) is 4.98 Å². The number of rotatable bonds is 4. The molecule has 1 aromatic heterocycles. The number of thiazole rings is 1. The smallest absolute Gasteiger partial charge is 0.167 e. The van der Waals surface area contributed by atoms with Crippen molar-refractivity contribution in [3.8, 4) is 0 Å². The Morgan fingerprint density at radius 1 is 1.53 bits per heavy atom. The maximum absolute atomic E-state index is 11.9. The summed E-state index contributed by atoms with van der Waals surface area (Å²) >= 11 is 1.55. The van der Waals surface area contributed by atoms with Gasteiger partial charge in [-0.05, 0) is 25.7 Å². The van der Waals surface area contributed by atoms with Crippen molar-refractivity contribution in [1.29, 1.82) is 0 Å². The van der Waals surface area contributed by atoms with Crippen LogP contribution in [-0.4, -0.2) is 22.0 Å². The number of aliphatic hydroxyl groups excluding tert-OH is 1. The minimum atomic E-state index is -0.780. The molecule has 1 aliphatic carbocycles. The fourth-order valence-electron chi connectivity index (χ4n) is 2.49. The van der Waals surface area contributed by atoms with Crippen molar-refractivity contribution in [3.63, 3.8) is 0 Å². The molecular formula is C13H19NO2S. The number of ketones is 1. The van der Waals surface area contributed by atoms with Crippen molar-refractivity contribution < 1.29 is 9.90 Å². The summed E-state index contributed by atoms with van der Waals surface area (Å²) in [5.41, 5.74) is 0.798. The average Bonchev–Trinajstić information content (AvgIpc) is 2.75. The van der Waals surface area contributed by atoms with Crippen molar-refractivity contribution in [2.45, 2.75) is 51.6 Å². The topological polar surface area (TPSA) is 50.2 Å². The van der Waals surface area contributed by atoms with Crippen LogP contribution in [0.3, 0.4) is 0 Å². The Morgan fingerprint density at radius 3 is 2.82 bits per heavy atom. The fourth-order valence-corrected chi connectivity index (χ4v) is 3.10. The lowest BCUT2D eigenvalue weighted by molar-refractivity contribution is -0.129. The first-order valence-corrected chi connectivity index (χ1v) is 7.16. The molecule has 1 heterocycles. The Hall–Kier alpha value is -0.740. The van der Waals surface area contributed by atoms with Crippen molar-refractivity contribution in [2.75, 3.05) is 0 Å². The highest BCUT2D eigenvalue weighted by Crippen LogP contribution is 2.27. The Labute approximate surface area is 106 Å². The Bertz CT molecular complexity index is 383. The molecule has 0 amide bonds. The summed E-state index contributed by atoms with van der Waals surface area (Å²) in [5.74, 6) is 0.109. The lowest BCUT2D eigenvalue weighted by Gasteiger charge is -2.25. The van der Waals surface area contributed by atoms with Crippen molar-refractivity contribution >= 4 is 17.1 Å². The molecule has 1 saturated carbocycles. The first-order valence-electron chi connectivity index (χ1n) is 6.28. The summed E-state index contributed by atoms with van der Waals surface area (Å²) in [6, 6.07) is 0. The van der Waals surface area contributed by atoms with Gasteiger partial charge in [0.15, 0.2) is 5.78 Å². The van der Waals surface area contributed by atoms with E-state index in [4.69, 9.17) is 0 Å². The average molecular weight is 253 g/mol. The third-order valence-electron chi connectivity index (χ3n) is 3.45. The van der Waals surface area contributed by atoms with E-state index in [0.717, 1.165) is 36.4 Å². The largest absolute Gasteiger partial charge is 0.385 e. The van der Waals surface area contributed by atoms with E-state index in [-0.39, 0.29) is 18.1 Å². The van der Waals surface area contributed by atoms with Crippen molar-refractivity contribution in [3.05, 3.63) is 16.1 Å². The maximum Gasteiger partial charge on any atom is 0.167 e. The zero-order chi connectivity index (χ0) is 12.3. The summed E-state index contributed by atoms with van der Waals surface area (Å²) in [6.45, 7) is 1.93. The van der Waals surface area contributed by atoms with Gasteiger partial charge in [-0.15, -0.1) is 11.3 Å². The van der Waals surface area contributed by atoms with Gasteiger partial charge in [-0.3, -0.25) is 4.79 Å². The number of nitrogens with zero attached hydrogens (tertiary/aromatic N) is 1. The van der Waals surface area contributed by atoms with Crippen molar-refractivity contribution in [1.82, 2.24) is 4.98 Å². The van der Waals surface area contributed by atoms with E-state index in [1.807, 2.05) is 12.3 Å². The quantitative estimate of drug-likeness (QED) is 0.897. The van der Waals surface area contributed by atoms with Crippen LogP contribution >= 0.6 is 11.3 Å². The van der Waals surface area contributed by atoms with Crippen LogP contribution in [0.4, 0.5) is 0 Å². The molecule has 0 aliphatic heterocycles. The SMILES string of the molecule is Cc1nc(CC(=O)C(O)C2CCCCC2)cs1. The number of carbonyl (C=O) groups is 1. The zero-order valence-electron chi connectivity index (χ0n) is 10.2. The lowest BCUT2D eigenvalue weighted by Crippen LogP contribution is -2.32. The van der Waals surface area contributed by atoms with Gasteiger partial charge in [0.25, 0.3) is 0 Å². The number of hydrogen-bond acceptors (Lipinski definition) is 4.